The summed E-state index contributed by atoms with van der Waals surface area (Å²) >= 11 is 0. The van der Waals surface area contributed by atoms with Crippen LogP contribution in [0.4, 0.5) is 0 Å². The van der Waals surface area contributed by atoms with E-state index in [1.165, 1.54) is 7.11 Å². The molecule has 1 aromatic heterocycles. The predicted molar refractivity (Wildman–Crippen MR) is 138 cm³/mol. The highest BCUT2D eigenvalue weighted by molar-refractivity contribution is 6.05. The molecule has 8 heteroatoms. The lowest BCUT2D eigenvalue weighted by atomic mass is 10.0. The number of methoxy groups -OCH3 is 1. The Kier molecular flexibility index (Phi) is 5.59. The van der Waals surface area contributed by atoms with E-state index in [0.29, 0.717) is 43.4 Å². The van der Waals surface area contributed by atoms with Crippen LogP contribution in [-0.2, 0) is 22.5 Å². The first-order valence-corrected chi connectivity index (χ1v) is 12.5. The molecule has 0 spiro atoms. The van der Waals surface area contributed by atoms with E-state index in [2.05, 4.69) is 4.98 Å². The van der Waals surface area contributed by atoms with Crippen LogP contribution in [0.5, 0.6) is 5.75 Å². The van der Waals surface area contributed by atoms with Crippen LogP contribution in [0.2, 0.25) is 0 Å². The monoisotopic (exact) mass is 497 g/mol. The van der Waals surface area contributed by atoms with Gasteiger partial charge in [0.25, 0.3) is 5.91 Å². The minimum Gasteiger partial charge on any atom is -0.506 e. The molecule has 1 unspecified atom stereocenters. The van der Waals surface area contributed by atoms with Crippen LogP contribution in [0.25, 0.3) is 21.7 Å². The average molecular weight is 498 g/mol. The van der Waals surface area contributed by atoms with Crippen LogP contribution in [-0.4, -0.2) is 63.9 Å². The zero-order chi connectivity index (χ0) is 25.7. The summed E-state index contributed by atoms with van der Waals surface area (Å²) in [5, 5.41) is 13.2. The summed E-state index contributed by atoms with van der Waals surface area (Å²) in [7, 11) is 1.35. The van der Waals surface area contributed by atoms with E-state index in [4.69, 9.17) is 4.74 Å². The number of amides is 2. The molecule has 6 rings (SSSR count). The van der Waals surface area contributed by atoms with E-state index < -0.39 is 12.0 Å². The Morgan fingerprint density at radius 3 is 2.70 bits per heavy atom. The highest BCUT2D eigenvalue weighted by atomic mass is 16.5. The van der Waals surface area contributed by atoms with Crippen molar-refractivity contribution in [2.24, 2.45) is 0 Å². The highest BCUT2D eigenvalue weighted by Gasteiger charge is 2.39. The number of aromatic nitrogens is 1. The summed E-state index contributed by atoms with van der Waals surface area (Å²) in [5.41, 5.74) is 3.63. The number of aromatic hydroxyl groups is 1. The molecule has 0 saturated carbocycles. The van der Waals surface area contributed by atoms with Crippen LogP contribution in [0.1, 0.15) is 44.8 Å². The van der Waals surface area contributed by atoms with Crippen LogP contribution in [0.15, 0.2) is 54.6 Å². The molecule has 1 atom stereocenters. The maximum absolute atomic E-state index is 13.7. The van der Waals surface area contributed by atoms with Crippen molar-refractivity contribution in [1.82, 2.24) is 14.8 Å². The maximum atomic E-state index is 13.7. The van der Waals surface area contributed by atoms with Gasteiger partial charge in [0.2, 0.25) is 5.91 Å². The number of carbonyl (C=O) groups excluding carboxylic acids is 3. The molecular weight excluding hydrogens is 470 g/mol. The standard InChI is InChI=1S/C29H27N3O5/c1-37-29(36)18-9-11-23-21(15-18)22-16-31(14-12-24(22)30-23)28(35)25-7-4-13-32(25)27(34)20-10-8-17-5-2-3-6-19(17)26(20)33/h2-3,5-6,8-11,15,25,30,33H,4,7,12-14,16H2,1H3. The number of carbonyl (C=O) groups is 3. The predicted octanol–water partition coefficient (Wildman–Crippen LogP) is 4.00. The number of ether oxygens (including phenoxy) is 1. The van der Waals surface area contributed by atoms with E-state index in [0.717, 1.165) is 34.0 Å². The molecule has 3 heterocycles. The highest BCUT2D eigenvalue weighted by Crippen LogP contribution is 2.33. The van der Waals surface area contributed by atoms with Gasteiger partial charge >= 0.3 is 5.97 Å². The van der Waals surface area contributed by atoms with Gasteiger partial charge in [-0.05, 0) is 42.5 Å². The first-order chi connectivity index (χ1) is 18.0. The quantitative estimate of drug-likeness (QED) is 0.417. The van der Waals surface area contributed by atoms with Crippen molar-refractivity contribution in [1.29, 1.82) is 0 Å². The number of phenolic OH excluding ortho intramolecular Hbond substituents is 1. The third-order valence-electron chi connectivity index (χ3n) is 7.64. The van der Waals surface area contributed by atoms with Gasteiger partial charge in [-0.1, -0.05) is 30.3 Å². The van der Waals surface area contributed by atoms with Gasteiger partial charge < -0.3 is 24.6 Å². The molecule has 0 radical (unpaired) electrons. The largest absolute Gasteiger partial charge is 0.506 e. The molecule has 1 saturated heterocycles. The Labute approximate surface area is 213 Å². The van der Waals surface area contributed by atoms with Crippen molar-refractivity contribution < 1.29 is 24.2 Å². The van der Waals surface area contributed by atoms with Gasteiger partial charge in [-0.15, -0.1) is 0 Å². The summed E-state index contributed by atoms with van der Waals surface area (Å²) in [6, 6.07) is 15.6. The number of nitrogens with zero attached hydrogens (tertiary/aromatic N) is 2. The Hall–Kier alpha value is -4.33. The number of rotatable bonds is 3. The molecule has 0 aliphatic carbocycles. The number of hydrogen-bond donors (Lipinski definition) is 2. The van der Waals surface area contributed by atoms with Crippen molar-refractivity contribution in [3.05, 3.63) is 77.0 Å². The number of benzene rings is 3. The van der Waals surface area contributed by atoms with Gasteiger partial charge in [-0.3, -0.25) is 9.59 Å². The fraction of sp³-hybridized carbons (Fsp3) is 0.276. The molecule has 3 aromatic carbocycles. The second kappa shape index (κ2) is 8.96. The summed E-state index contributed by atoms with van der Waals surface area (Å²) in [5.74, 6) is -0.872. The Bertz CT molecular complexity index is 1570. The van der Waals surface area contributed by atoms with E-state index in [1.54, 1.807) is 34.1 Å². The van der Waals surface area contributed by atoms with E-state index in [1.807, 2.05) is 30.3 Å². The molecule has 0 bridgehead atoms. The smallest absolute Gasteiger partial charge is 0.337 e. The molecule has 8 nitrogen and oxygen atoms in total. The lowest BCUT2D eigenvalue weighted by molar-refractivity contribution is -0.136. The van der Waals surface area contributed by atoms with Gasteiger partial charge in [0.15, 0.2) is 0 Å². The SMILES string of the molecule is COC(=O)c1ccc2[nH]c3c(c2c1)CN(C(=O)C1CCCN1C(=O)c1ccc2ccccc2c1O)CC3. The molecule has 2 aliphatic heterocycles. The fourth-order valence-corrected chi connectivity index (χ4v) is 5.71. The molecule has 37 heavy (non-hydrogen) atoms. The van der Waals surface area contributed by atoms with Gasteiger partial charge in [-0.2, -0.15) is 0 Å². The number of nitrogens with one attached hydrogen (secondary N) is 1. The van der Waals surface area contributed by atoms with Gasteiger partial charge in [-0.25, -0.2) is 4.79 Å². The number of phenols is 1. The molecule has 2 amide bonds. The average Bonchev–Trinajstić information content (AvgIpc) is 3.56. The lowest BCUT2D eigenvalue weighted by Crippen LogP contribution is -2.49. The first-order valence-electron chi connectivity index (χ1n) is 12.5. The zero-order valence-electron chi connectivity index (χ0n) is 20.5. The van der Waals surface area contributed by atoms with Crippen molar-refractivity contribution in [2.45, 2.75) is 31.8 Å². The Balaban J connectivity index is 1.26. The maximum Gasteiger partial charge on any atom is 0.337 e. The van der Waals surface area contributed by atoms with Crippen molar-refractivity contribution in [2.75, 3.05) is 20.2 Å². The van der Waals surface area contributed by atoms with Crippen molar-refractivity contribution in [3.63, 3.8) is 0 Å². The number of H-pyrrole nitrogens is 1. The number of esters is 1. The topological polar surface area (TPSA) is 103 Å². The van der Waals surface area contributed by atoms with Gasteiger partial charge in [0, 0.05) is 53.6 Å². The first kappa shape index (κ1) is 23.1. The second-order valence-corrected chi connectivity index (χ2v) is 9.68. The number of fused-ring (bicyclic) bond motifs is 4. The van der Waals surface area contributed by atoms with Crippen molar-refractivity contribution in [3.8, 4) is 5.75 Å². The molecule has 2 N–H and O–H groups in total. The molecule has 1 fully saturated rings. The Morgan fingerprint density at radius 2 is 1.86 bits per heavy atom. The van der Waals surface area contributed by atoms with Crippen LogP contribution >= 0.6 is 0 Å². The van der Waals surface area contributed by atoms with Crippen LogP contribution < -0.4 is 0 Å². The minimum atomic E-state index is -0.573. The fourth-order valence-electron chi connectivity index (χ4n) is 5.71. The molecular formula is C29H27N3O5. The number of aromatic amines is 1. The number of likely N-dealkylation sites (tertiary alicyclic amines) is 1. The molecule has 188 valence electrons. The van der Waals surface area contributed by atoms with Crippen LogP contribution in [0, 0.1) is 0 Å². The Morgan fingerprint density at radius 1 is 1.03 bits per heavy atom. The van der Waals surface area contributed by atoms with E-state index in [9.17, 15) is 19.5 Å². The third kappa shape index (κ3) is 3.80. The summed E-state index contributed by atoms with van der Waals surface area (Å²) < 4.78 is 4.87. The third-order valence-corrected chi connectivity index (χ3v) is 7.64. The van der Waals surface area contributed by atoms with E-state index >= 15 is 0 Å². The lowest BCUT2D eigenvalue weighted by Gasteiger charge is -2.33. The molecule has 4 aromatic rings. The van der Waals surface area contributed by atoms with Crippen LogP contribution in [0.3, 0.4) is 0 Å². The summed E-state index contributed by atoms with van der Waals surface area (Å²) in [6.07, 6.45) is 1.98. The van der Waals surface area contributed by atoms with E-state index in [-0.39, 0.29) is 23.1 Å². The van der Waals surface area contributed by atoms with Gasteiger partial charge in [0.05, 0.1) is 18.2 Å². The van der Waals surface area contributed by atoms with Gasteiger partial charge in [0.1, 0.15) is 11.8 Å². The summed E-state index contributed by atoms with van der Waals surface area (Å²) in [6.45, 7) is 1.41. The zero-order valence-corrected chi connectivity index (χ0v) is 20.5. The number of hydrogen-bond acceptors (Lipinski definition) is 5. The molecule has 2 aliphatic rings. The summed E-state index contributed by atoms with van der Waals surface area (Å²) in [4.78, 5) is 46.1. The second-order valence-electron chi connectivity index (χ2n) is 9.68. The van der Waals surface area contributed by atoms with Crippen molar-refractivity contribution >= 4 is 39.5 Å². The minimum absolute atomic E-state index is 0.0518. The normalized spacial score (nSPS) is 17.3.